The van der Waals surface area contributed by atoms with Crippen LogP contribution in [0.25, 0.3) is 10.9 Å². The average Bonchev–Trinajstić information content (AvgIpc) is 2.21. The van der Waals surface area contributed by atoms with Crippen LogP contribution in [0.5, 0.6) is 5.75 Å². The summed E-state index contributed by atoms with van der Waals surface area (Å²) in [5.41, 5.74) is 0.149. The third-order valence-corrected chi connectivity index (χ3v) is 2.30. The number of aryl methyl sites for hydroxylation is 1. The highest BCUT2D eigenvalue weighted by atomic mass is 19.4. The van der Waals surface area contributed by atoms with E-state index in [4.69, 9.17) is 0 Å². The molecule has 1 aromatic heterocycles. The summed E-state index contributed by atoms with van der Waals surface area (Å²) in [5.74, 6) is -0.341. The monoisotopic (exact) mass is 243 g/mol. The standard InChI is InChI=1S/C11H8F3NO2/c1-15-5-4-10(16)8-3-2-7(6-9(8)15)17-11(12,13)14/h2-6H,1H3. The van der Waals surface area contributed by atoms with Gasteiger partial charge < -0.3 is 9.30 Å². The highest BCUT2D eigenvalue weighted by Gasteiger charge is 2.31. The highest BCUT2D eigenvalue weighted by molar-refractivity contribution is 5.80. The van der Waals surface area contributed by atoms with Gasteiger partial charge in [-0.2, -0.15) is 0 Å². The number of alkyl halides is 3. The molecule has 6 heteroatoms. The number of rotatable bonds is 1. The van der Waals surface area contributed by atoms with E-state index in [1.54, 1.807) is 11.6 Å². The second-order valence-electron chi connectivity index (χ2n) is 3.52. The molecule has 0 atom stereocenters. The molecule has 0 amide bonds. The molecule has 0 unspecified atom stereocenters. The topological polar surface area (TPSA) is 31.2 Å². The molecule has 0 radical (unpaired) electrons. The largest absolute Gasteiger partial charge is 0.573 e. The maximum atomic E-state index is 12.0. The molecule has 1 heterocycles. The molecule has 0 aliphatic carbocycles. The van der Waals surface area contributed by atoms with Crippen molar-refractivity contribution in [1.29, 1.82) is 0 Å². The zero-order chi connectivity index (χ0) is 12.6. The lowest BCUT2D eigenvalue weighted by atomic mass is 10.2. The predicted molar refractivity (Wildman–Crippen MR) is 55.9 cm³/mol. The van der Waals surface area contributed by atoms with Crippen LogP contribution < -0.4 is 10.2 Å². The molecule has 0 saturated heterocycles. The minimum atomic E-state index is -4.73. The van der Waals surface area contributed by atoms with Gasteiger partial charge in [0.25, 0.3) is 0 Å². The molecule has 90 valence electrons. The Morgan fingerprint density at radius 2 is 1.94 bits per heavy atom. The first-order chi connectivity index (χ1) is 7.87. The lowest BCUT2D eigenvalue weighted by Crippen LogP contribution is -2.17. The van der Waals surface area contributed by atoms with Crippen LogP contribution in [0.2, 0.25) is 0 Å². The quantitative estimate of drug-likeness (QED) is 0.770. The fourth-order valence-electron chi connectivity index (χ4n) is 1.56. The fraction of sp³-hybridized carbons (Fsp3) is 0.182. The summed E-state index contributed by atoms with van der Waals surface area (Å²) in [5, 5.41) is 0.351. The van der Waals surface area contributed by atoms with E-state index in [9.17, 15) is 18.0 Å². The van der Waals surface area contributed by atoms with Gasteiger partial charge in [-0.15, -0.1) is 13.2 Å². The van der Waals surface area contributed by atoms with Crippen molar-refractivity contribution in [2.75, 3.05) is 0 Å². The minimum Gasteiger partial charge on any atom is -0.406 e. The average molecular weight is 243 g/mol. The number of pyridine rings is 1. The third kappa shape index (κ3) is 2.41. The summed E-state index contributed by atoms with van der Waals surface area (Å²) in [6.07, 6.45) is -3.25. The molecule has 17 heavy (non-hydrogen) atoms. The zero-order valence-corrected chi connectivity index (χ0v) is 8.78. The van der Waals surface area contributed by atoms with Crippen molar-refractivity contribution < 1.29 is 17.9 Å². The Labute approximate surface area is 94.0 Å². The first kappa shape index (κ1) is 11.5. The molecular weight excluding hydrogens is 235 g/mol. The van der Waals surface area contributed by atoms with Crippen molar-refractivity contribution >= 4 is 10.9 Å². The van der Waals surface area contributed by atoms with E-state index < -0.39 is 6.36 Å². The summed E-state index contributed by atoms with van der Waals surface area (Å²) in [7, 11) is 1.64. The van der Waals surface area contributed by atoms with Crippen molar-refractivity contribution in [3.63, 3.8) is 0 Å². The smallest absolute Gasteiger partial charge is 0.406 e. The molecule has 0 aliphatic heterocycles. The maximum absolute atomic E-state index is 12.0. The first-order valence-electron chi connectivity index (χ1n) is 4.72. The number of ether oxygens (including phenoxy) is 1. The molecular formula is C11H8F3NO2. The minimum absolute atomic E-state index is 0.239. The lowest BCUT2D eigenvalue weighted by molar-refractivity contribution is -0.274. The Balaban J connectivity index is 2.58. The van der Waals surface area contributed by atoms with Gasteiger partial charge in [-0.25, -0.2) is 0 Å². The normalized spacial score (nSPS) is 11.8. The molecule has 0 fully saturated rings. The molecule has 0 N–H and O–H groups in total. The van der Waals surface area contributed by atoms with Gasteiger partial charge in [-0.05, 0) is 12.1 Å². The van der Waals surface area contributed by atoms with Crippen LogP contribution in [0, 0.1) is 0 Å². The Morgan fingerprint density at radius 3 is 2.59 bits per heavy atom. The number of fused-ring (bicyclic) bond motifs is 1. The lowest BCUT2D eigenvalue weighted by Gasteiger charge is -2.10. The maximum Gasteiger partial charge on any atom is 0.573 e. The number of benzene rings is 1. The van der Waals surface area contributed by atoms with Gasteiger partial charge in [0.2, 0.25) is 0 Å². The molecule has 1 aromatic carbocycles. The van der Waals surface area contributed by atoms with Crippen molar-refractivity contribution in [3.8, 4) is 5.75 Å². The van der Waals surface area contributed by atoms with Crippen LogP contribution >= 0.6 is 0 Å². The molecule has 2 rings (SSSR count). The SMILES string of the molecule is Cn1ccc(=O)c2ccc(OC(F)(F)F)cc21. The van der Waals surface area contributed by atoms with Crippen LogP contribution in [0.4, 0.5) is 13.2 Å². The summed E-state index contributed by atoms with van der Waals surface area (Å²) in [6, 6.07) is 4.98. The predicted octanol–water partition coefficient (Wildman–Crippen LogP) is 2.44. The number of aromatic nitrogens is 1. The zero-order valence-electron chi connectivity index (χ0n) is 8.78. The summed E-state index contributed by atoms with van der Waals surface area (Å²) in [6.45, 7) is 0. The van der Waals surface area contributed by atoms with E-state index in [-0.39, 0.29) is 11.2 Å². The molecule has 0 bridgehead atoms. The van der Waals surface area contributed by atoms with E-state index in [0.29, 0.717) is 10.9 Å². The number of hydrogen-bond acceptors (Lipinski definition) is 2. The second-order valence-corrected chi connectivity index (χ2v) is 3.52. The van der Waals surface area contributed by atoms with Gasteiger partial charge in [0, 0.05) is 30.8 Å². The van der Waals surface area contributed by atoms with Gasteiger partial charge in [-0.1, -0.05) is 0 Å². The van der Waals surface area contributed by atoms with Crippen LogP contribution in [-0.4, -0.2) is 10.9 Å². The summed E-state index contributed by atoms with van der Waals surface area (Å²) < 4.78 is 41.4. The van der Waals surface area contributed by atoms with Crippen LogP contribution in [0.1, 0.15) is 0 Å². The van der Waals surface area contributed by atoms with E-state index in [1.807, 2.05) is 0 Å². The van der Waals surface area contributed by atoms with Crippen molar-refractivity contribution in [1.82, 2.24) is 4.57 Å². The van der Waals surface area contributed by atoms with Gasteiger partial charge >= 0.3 is 6.36 Å². The third-order valence-electron chi connectivity index (χ3n) is 2.30. The van der Waals surface area contributed by atoms with Crippen LogP contribution in [-0.2, 0) is 7.05 Å². The highest BCUT2D eigenvalue weighted by Crippen LogP contribution is 2.25. The van der Waals surface area contributed by atoms with E-state index in [2.05, 4.69) is 4.74 Å². The Bertz CT molecular complexity index is 616. The Kier molecular flexibility index (Phi) is 2.57. The molecule has 0 aliphatic rings. The molecule has 0 saturated carbocycles. The van der Waals surface area contributed by atoms with Gasteiger partial charge in [0.1, 0.15) is 5.75 Å². The van der Waals surface area contributed by atoms with Gasteiger partial charge in [0.05, 0.1) is 5.52 Å². The van der Waals surface area contributed by atoms with Gasteiger partial charge in [-0.3, -0.25) is 4.79 Å². The van der Waals surface area contributed by atoms with E-state index >= 15 is 0 Å². The second kappa shape index (κ2) is 3.80. The van der Waals surface area contributed by atoms with E-state index in [0.717, 1.165) is 6.07 Å². The molecule has 2 aromatic rings. The molecule has 3 nitrogen and oxygen atoms in total. The van der Waals surface area contributed by atoms with Crippen LogP contribution in [0.3, 0.4) is 0 Å². The van der Waals surface area contributed by atoms with Crippen LogP contribution in [0.15, 0.2) is 35.3 Å². The number of hydrogen-bond donors (Lipinski definition) is 0. The number of halogens is 3. The van der Waals surface area contributed by atoms with Crippen molar-refractivity contribution in [2.45, 2.75) is 6.36 Å². The Hall–Kier alpha value is -1.98. The summed E-state index contributed by atoms with van der Waals surface area (Å²) in [4.78, 5) is 11.5. The van der Waals surface area contributed by atoms with Gasteiger partial charge in [0.15, 0.2) is 5.43 Å². The number of nitrogens with zero attached hydrogens (tertiary/aromatic N) is 1. The van der Waals surface area contributed by atoms with E-state index in [1.165, 1.54) is 24.4 Å². The van der Waals surface area contributed by atoms with Crippen molar-refractivity contribution in [2.24, 2.45) is 7.05 Å². The van der Waals surface area contributed by atoms with Crippen molar-refractivity contribution in [3.05, 3.63) is 40.7 Å². The Morgan fingerprint density at radius 1 is 1.24 bits per heavy atom. The summed E-state index contributed by atoms with van der Waals surface area (Å²) >= 11 is 0. The molecule has 0 spiro atoms. The first-order valence-corrected chi connectivity index (χ1v) is 4.72. The fourth-order valence-corrected chi connectivity index (χ4v) is 1.56.